The smallest absolute Gasteiger partial charge is 0.310 e. The van der Waals surface area contributed by atoms with E-state index in [0.29, 0.717) is 6.04 Å². The molecule has 0 aromatic carbocycles. The highest BCUT2D eigenvalue weighted by Gasteiger charge is 2.30. The van der Waals surface area contributed by atoms with Crippen LogP contribution in [-0.4, -0.2) is 50.7 Å². The van der Waals surface area contributed by atoms with Crippen molar-refractivity contribution in [2.45, 2.75) is 32.7 Å². The summed E-state index contributed by atoms with van der Waals surface area (Å²) in [5.41, 5.74) is 0. The fourth-order valence-electron chi connectivity index (χ4n) is 2.38. The van der Waals surface area contributed by atoms with Gasteiger partial charge in [0.15, 0.2) is 0 Å². The molecule has 0 aromatic rings. The number of likely N-dealkylation sites (N-methyl/N-ethyl adjacent to an activating group) is 1. The van der Waals surface area contributed by atoms with Gasteiger partial charge >= 0.3 is 5.97 Å². The maximum absolute atomic E-state index is 11.6. The average molecular weight is 242 g/mol. The van der Waals surface area contributed by atoms with Crippen LogP contribution in [0.2, 0.25) is 0 Å². The number of carbonyl (C=O) groups excluding carboxylic acids is 1. The van der Waals surface area contributed by atoms with E-state index in [1.54, 1.807) is 0 Å². The highest BCUT2D eigenvalue weighted by atomic mass is 16.5. The molecule has 4 nitrogen and oxygen atoms in total. The number of hydrogen-bond acceptors (Lipinski definition) is 4. The summed E-state index contributed by atoms with van der Waals surface area (Å²) in [6.45, 7) is 7.32. The number of hydrogen-bond donors (Lipinski definition) is 1. The molecule has 1 fully saturated rings. The zero-order chi connectivity index (χ0) is 12.8. The van der Waals surface area contributed by atoms with Gasteiger partial charge in [0.05, 0.1) is 13.0 Å². The van der Waals surface area contributed by atoms with E-state index in [1.165, 1.54) is 13.5 Å². The van der Waals surface area contributed by atoms with Gasteiger partial charge in [0, 0.05) is 19.1 Å². The Morgan fingerprint density at radius 1 is 1.47 bits per heavy atom. The van der Waals surface area contributed by atoms with E-state index in [4.69, 9.17) is 4.74 Å². The Morgan fingerprint density at radius 2 is 2.18 bits per heavy atom. The van der Waals surface area contributed by atoms with Crippen molar-refractivity contribution < 1.29 is 9.53 Å². The minimum absolute atomic E-state index is 0.0234. The number of esters is 1. The summed E-state index contributed by atoms with van der Waals surface area (Å²) in [4.78, 5) is 13.8. The molecule has 0 aliphatic carbocycles. The number of methoxy groups -OCH3 is 1. The van der Waals surface area contributed by atoms with Crippen LogP contribution in [0.15, 0.2) is 0 Å². The van der Waals surface area contributed by atoms with Gasteiger partial charge in [0.1, 0.15) is 0 Å². The van der Waals surface area contributed by atoms with Gasteiger partial charge in [-0.2, -0.15) is 0 Å². The van der Waals surface area contributed by atoms with Crippen LogP contribution in [0.3, 0.4) is 0 Å². The van der Waals surface area contributed by atoms with E-state index in [9.17, 15) is 4.79 Å². The first-order valence-electron chi connectivity index (χ1n) is 6.52. The number of likely N-dealkylation sites (tertiary alicyclic amines) is 1. The lowest BCUT2D eigenvalue weighted by Crippen LogP contribution is -2.50. The predicted octanol–water partition coefficient (Wildman–Crippen LogP) is 1.12. The molecule has 1 N–H and O–H groups in total. The van der Waals surface area contributed by atoms with Crippen molar-refractivity contribution in [3.8, 4) is 0 Å². The summed E-state index contributed by atoms with van der Waals surface area (Å²) in [5, 5.41) is 3.54. The SMILES string of the molecule is COC(=O)C1CC(NCCC(C)C)CN(C)C1. The Hall–Kier alpha value is -0.610. The molecule has 2 unspecified atom stereocenters. The molecular formula is C13H26N2O2. The van der Waals surface area contributed by atoms with Crippen molar-refractivity contribution in [3.05, 3.63) is 0 Å². The molecule has 100 valence electrons. The van der Waals surface area contributed by atoms with E-state index < -0.39 is 0 Å². The third-order valence-corrected chi connectivity index (χ3v) is 3.32. The van der Waals surface area contributed by atoms with Crippen LogP contribution in [0.4, 0.5) is 0 Å². The number of piperidine rings is 1. The largest absolute Gasteiger partial charge is 0.469 e. The second kappa shape index (κ2) is 6.97. The van der Waals surface area contributed by atoms with Crippen molar-refractivity contribution in [2.24, 2.45) is 11.8 Å². The van der Waals surface area contributed by atoms with Gasteiger partial charge in [-0.3, -0.25) is 4.79 Å². The molecule has 1 aliphatic heterocycles. The molecule has 1 saturated heterocycles. The highest BCUT2D eigenvalue weighted by Crippen LogP contribution is 2.17. The van der Waals surface area contributed by atoms with Crippen LogP contribution in [0.25, 0.3) is 0 Å². The van der Waals surface area contributed by atoms with Gasteiger partial charge < -0.3 is 15.0 Å². The number of nitrogens with one attached hydrogen (secondary N) is 1. The summed E-state index contributed by atoms with van der Waals surface area (Å²) < 4.78 is 4.84. The molecule has 1 aliphatic rings. The second-order valence-electron chi connectivity index (χ2n) is 5.51. The Kier molecular flexibility index (Phi) is 5.92. The second-order valence-corrected chi connectivity index (χ2v) is 5.51. The molecule has 0 aromatic heterocycles. The summed E-state index contributed by atoms with van der Waals surface area (Å²) in [5.74, 6) is 0.669. The van der Waals surface area contributed by atoms with Crippen LogP contribution >= 0.6 is 0 Å². The zero-order valence-corrected chi connectivity index (χ0v) is 11.5. The Balaban J connectivity index is 2.37. The van der Waals surface area contributed by atoms with Gasteiger partial charge in [-0.15, -0.1) is 0 Å². The van der Waals surface area contributed by atoms with Crippen molar-refractivity contribution in [2.75, 3.05) is 33.8 Å². The molecule has 4 heteroatoms. The first-order chi connectivity index (χ1) is 8.02. The zero-order valence-electron chi connectivity index (χ0n) is 11.5. The summed E-state index contributed by atoms with van der Waals surface area (Å²) in [7, 11) is 3.53. The molecule has 2 atom stereocenters. The van der Waals surface area contributed by atoms with E-state index >= 15 is 0 Å². The van der Waals surface area contributed by atoms with Gasteiger partial charge in [0.2, 0.25) is 0 Å². The van der Waals surface area contributed by atoms with Crippen molar-refractivity contribution in [1.29, 1.82) is 0 Å². The molecule has 0 amide bonds. The summed E-state index contributed by atoms with van der Waals surface area (Å²) in [6.07, 6.45) is 2.08. The van der Waals surface area contributed by atoms with Crippen LogP contribution in [0.1, 0.15) is 26.7 Å². The predicted molar refractivity (Wildman–Crippen MR) is 68.9 cm³/mol. The van der Waals surface area contributed by atoms with Crippen molar-refractivity contribution >= 4 is 5.97 Å². The van der Waals surface area contributed by atoms with Gasteiger partial charge in [-0.25, -0.2) is 0 Å². The fourth-order valence-corrected chi connectivity index (χ4v) is 2.38. The van der Waals surface area contributed by atoms with Crippen molar-refractivity contribution in [3.63, 3.8) is 0 Å². The monoisotopic (exact) mass is 242 g/mol. The lowest BCUT2D eigenvalue weighted by Gasteiger charge is -2.34. The molecule has 0 radical (unpaired) electrons. The quantitative estimate of drug-likeness (QED) is 0.734. The normalized spacial score (nSPS) is 26.2. The molecular weight excluding hydrogens is 216 g/mol. The van der Waals surface area contributed by atoms with Crippen LogP contribution in [0, 0.1) is 11.8 Å². The third kappa shape index (κ3) is 5.04. The Bertz CT molecular complexity index is 244. The number of carbonyl (C=O) groups is 1. The summed E-state index contributed by atoms with van der Waals surface area (Å²) in [6, 6.07) is 0.414. The maximum Gasteiger partial charge on any atom is 0.310 e. The van der Waals surface area contributed by atoms with Crippen LogP contribution < -0.4 is 5.32 Å². The van der Waals surface area contributed by atoms with Gasteiger partial charge in [-0.1, -0.05) is 13.8 Å². The average Bonchev–Trinajstić information content (AvgIpc) is 2.26. The van der Waals surface area contributed by atoms with Crippen LogP contribution in [0.5, 0.6) is 0 Å². The number of rotatable bonds is 5. The Labute approximate surface area is 105 Å². The maximum atomic E-state index is 11.6. The molecule has 1 heterocycles. The van der Waals surface area contributed by atoms with E-state index in [0.717, 1.165) is 32.0 Å². The number of nitrogens with zero attached hydrogens (tertiary/aromatic N) is 1. The Morgan fingerprint density at radius 3 is 2.76 bits per heavy atom. The number of ether oxygens (including phenoxy) is 1. The lowest BCUT2D eigenvalue weighted by molar-refractivity contribution is -0.147. The molecule has 0 spiro atoms. The first kappa shape index (κ1) is 14.5. The fraction of sp³-hybridized carbons (Fsp3) is 0.923. The molecule has 0 bridgehead atoms. The minimum atomic E-state index is -0.0767. The summed E-state index contributed by atoms with van der Waals surface area (Å²) >= 11 is 0. The van der Waals surface area contributed by atoms with E-state index in [-0.39, 0.29) is 11.9 Å². The van der Waals surface area contributed by atoms with E-state index in [2.05, 4.69) is 31.1 Å². The topological polar surface area (TPSA) is 41.6 Å². The first-order valence-corrected chi connectivity index (χ1v) is 6.52. The van der Waals surface area contributed by atoms with E-state index in [1.807, 2.05) is 0 Å². The molecule has 1 rings (SSSR count). The highest BCUT2D eigenvalue weighted by molar-refractivity contribution is 5.72. The molecule has 0 saturated carbocycles. The minimum Gasteiger partial charge on any atom is -0.469 e. The van der Waals surface area contributed by atoms with Gasteiger partial charge in [-0.05, 0) is 32.4 Å². The third-order valence-electron chi connectivity index (χ3n) is 3.32. The van der Waals surface area contributed by atoms with Crippen molar-refractivity contribution in [1.82, 2.24) is 10.2 Å². The van der Waals surface area contributed by atoms with Gasteiger partial charge in [0.25, 0.3) is 0 Å². The standard InChI is InChI=1S/C13H26N2O2/c1-10(2)5-6-14-12-7-11(13(16)17-4)8-15(3)9-12/h10-12,14H,5-9H2,1-4H3. The lowest BCUT2D eigenvalue weighted by atomic mass is 9.94. The van der Waals surface area contributed by atoms with Crippen LogP contribution in [-0.2, 0) is 9.53 Å². The molecule has 17 heavy (non-hydrogen) atoms.